The quantitative estimate of drug-likeness (QED) is 0.517. The van der Waals surface area contributed by atoms with Crippen molar-refractivity contribution in [2.24, 2.45) is 5.41 Å². The molecule has 2 fully saturated rings. The standard InChI is InChI=1S/C8H12O2S/c9-7-5-8(6-10-7)1-3-11-4-2-8/h1-6H2. The molecule has 2 rings (SSSR count). The molecule has 1 spiro atoms. The van der Waals surface area contributed by atoms with Gasteiger partial charge in [-0.05, 0) is 24.3 Å². The van der Waals surface area contributed by atoms with E-state index in [9.17, 15) is 4.79 Å². The van der Waals surface area contributed by atoms with Crippen LogP contribution in [0.25, 0.3) is 0 Å². The summed E-state index contributed by atoms with van der Waals surface area (Å²) in [5.74, 6) is 2.42. The van der Waals surface area contributed by atoms with Gasteiger partial charge < -0.3 is 4.74 Å². The van der Waals surface area contributed by atoms with Crippen molar-refractivity contribution >= 4 is 17.7 Å². The molecular formula is C8H12O2S. The highest BCUT2D eigenvalue weighted by molar-refractivity contribution is 7.99. The van der Waals surface area contributed by atoms with Crippen LogP contribution in [-0.2, 0) is 9.53 Å². The number of cyclic esters (lactones) is 1. The van der Waals surface area contributed by atoms with Gasteiger partial charge in [-0.15, -0.1) is 0 Å². The number of hydrogen-bond donors (Lipinski definition) is 0. The number of carbonyl (C=O) groups excluding carboxylic acids is 1. The fraction of sp³-hybridized carbons (Fsp3) is 0.875. The Kier molecular flexibility index (Phi) is 1.83. The fourth-order valence-corrected chi connectivity index (χ4v) is 3.13. The van der Waals surface area contributed by atoms with Crippen molar-refractivity contribution in [3.8, 4) is 0 Å². The van der Waals surface area contributed by atoms with Crippen LogP contribution < -0.4 is 0 Å². The third-order valence-corrected chi connectivity index (χ3v) is 3.60. The van der Waals surface area contributed by atoms with Gasteiger partial charge in [0, 0.05) is 5.41 Å². The van der Waals surface area contributed by atoms with Crippen molar-refractivity contribution in [3.63, 3.8) is 0 Å². The lowest BCUT2D eigenvalue weighted by Crippen LogP contribution is -2.26. The molecular weight excluding hydrogens is 160 g/mol. The van der Waals surface area contributed by atoms with E-state index in [2.05, 4.69) is 0 Å². The smallest absolute Gasteiger partial charge is 0.306 e. The predicted octanol–water partition coefficient (Wildman–Crippen LogP) is 1.45. The molecule has 11 heavy (non-hydrogen) atoms. The van der Waals surface area contributed by atoms with Gasteiger partial charge in [0.1, 0.15) is 0 Å². The Bertz CT molecular complexity index is 173. The Labute approximate surface area is 70.7 Å². The molecule has 2 saturated heterocycles. The van der Waals surface area contributed by atoms with E-state index in [1.807, 2.05) is 11.8 Å². The lowest BCUT2D eigenvalue weighted by molar-refractivity contribution is -0.137. The predicted molar refractivity (Wildman–Crippen MR) is 44.6 cm³/mol. The van der Waals surface area contributed by atoms with Crippen LogP contribution in [0.4, 0.5) is 0 Å². The average Bonchev–Trinajstić information content (AvgIpc) is 2.34. The van der Waals surface area contributed by atoms with E-state index in [0.717, 1.165) is 0 Å². The van der Waals surface area contributed by atoms with E-state index in [1.165, 1.54) is 24.3 Å². The van der Waals surface area contributed by atoms with Gasteiger partial charge >= 0.3 is 5.97 Å². The lowest BCUT2D eigenvalue weighted by Gasteiger charge is -2.29. The number of hydrogen-bond acceptors (Lipinski definition) is 3. The van der Waals surface area contributed by atoms with E-state index in [1.54, 1.807) is 0 Å². The summed E-state index contributed by atoms with van der Waals surface area (Å²) in [7, 11) is 0. The molecule has 0 N–H and O–H groups in total. The van der Waals surface area contributed by atoms with E-state index in [-0.39, 0.29) is 11.4 Å². The molecule has 2 aliphatic heterocycles. The summed E-state index contributed by atoms with van der Waals surface area (Å²) in [6.45, 7) is 0.687. The zero-order valence-electron chi connectivity index (χ0n) is 6.47. The molecule has 0 bridgehead atoms. The van der Waals surface area contributed by atoms with Crippen LogP contribution >= 0.6 is 11.8 Å². The molecule has 0 amide bonds. The maximum Gasteiger partial charge on any atom is 0.306 e. The average molecular weight is 172 g/mol. The highest BCUT2D eigenvalue weighted by Crippen LogP contribution is 2.41. The summed E-state index contributed by atoms with van der Waals surface area (Å²) in [6, 6.07) is 0. The zero-order chi connectivity index (χ0) is 7.73. The lowest BCUT2D eigenvalue weighted by atomic mass is 9.81. The SMILES string of the molecule is O=C1CC2(CCSCC2)CO1. The van der Waals surface area contributed by atoms with Crippen LogP contribution in [0.15, 0.2) is 0 Å². The van der Waals surface area contributed by atoms with Gasteiger partial charge in [-0.25, -0.2) is 0 Å². The summed E-state index contributed by atoms with van der Waals surface area (Å²) in [4.78, 5) is 10.9. The largest absolute Gasteiger partial charge is 0.465 e. The highest BCUT2D eigenvalue weighted by Gasteiger charge is 2.40. The second-order valence-electron chi connectivity index (χ2n) is 3.45. The van der Waals surface area contributed by atoms with E-state index in [0.29, 0.717) is 13.0 Å². The second kappa shape index (κ2) is 2.70. The van der Waals surface area contributed by atoms with Crippen LogP contribution in [0.3, 0.4) is 0 Å². The first kappa shape index (κ1) is 7.47. The van der Waals surface area contributed by atoms with Crippen LogP contribution in [0.5, 0.6) is 0 Å². The Hall–Kier alpha value is -0.180. The molecule has 3 heteroatoms. The second-order valence-corrected chi connectivity index (χ2v) is 4.67. The maximum atomic E-state index is 10.9. The van der Waals surface area contributed by atoms with Crippen molar-refractivity contribution in [2.45, 2.75) is 19.3 Å². The first-order chi connectivity index (χ1) is 5.31. The molecule has 2 heterocycles. The van der Waals surface area contributed by atoms with E-state index < -0.39 is 0 Å². The zero-order valence-corrected chi connectivity index (χ0v) is 7.28. The fourth-order valence-electron chi connectivity index (χ4n) is 1.77. The number of carbonyl (C=O) groups is 1. The summed E-state index contributed by atoms with van der Waals surface area (Å²) in [6.07, 6.45) is 3.01. The van der Waals surface area contributed by atoms with Crippen molar-refractivity contribution in [3.05, 3.63) is 0 Å². The van der Waals surface area contributed by atoms with Gasteiger partial charge in [0.25, 0.3) is 0 Å². The van der Waals surface area contributed by atoms with Gasteiger partial charge in [0.15, 0.2) is 0 Å². The molecule has 2 aliphatic rings. The maximum absolute atomic E-state index is 10.9. The Morgan fingerprint density at radius 3 is 2.64 bits per heavy atom. The van der Waals surface area contributed by atoms with Crippen molar-refractivity contribution in [1.82, 2.24) is 0 Å². The highest BCUT2D eigenvalue weighted by atomic mass is 32.2. The molecule has 62 valence electrons. The molecule has 0 aliphatic carbocycles. The molecule has 0 aromatic carbocycles. The number of rotatable bonds is 0. The van der Waals surface area contributed by atoms with Gasteiger partial charge in [-0.3, -0.25) is 4.79 Å². The normalized spacial score (nSPS) is 28.9. The molecule has 2 nitrogen and oxygen atoms in total. The first-order valence-corrected chi connectivity index (χ1v) is 5.20. The van der Waals surface area contributed by atoms with Crippen LogP contribution in [0, 0.1) is 5.41 Å². The molecule has 0 radical (unpaired) electrons. The minimum absolute atomic E-state index is 0.0110. The van der Waals surface area contributed by atoms with E-state index >= 15 is 0 Å². The van der Waals surface area contributed by atoms with E-state index in [4.69, 9.17) is 4.74 Å². The summed E-state index contributed by atoms with van der Waals surface area (Å²) in [5, 5.41) is 0. The monoisotopic (exact) mass is 172 g/mol. The number of ether oxygens (including phenoxy) is 1. The van der Waals surface area contributed by atoms with Crippen LogP contribution in [0.1, 0.15) is 19.3 Å². The van der Waals surface area contributed by atoms with Gasteiger partial charge in [0.05, 0.1) is 13.0 Å². The first-order valence-electron chi connectivity index (χ1n) is 4.04. The molecule has 0 aromatic rings. The Morgan fingerprint density at radius 2 is 2.09 bits per heavy atom. The molecule has 0 aromatic heterocycles. The van der Waals surface area contributed by atoms with Crippen LogP contribution in [-0.4, -0.2) is 24.1 Å². The Morgan fingerprint density at radius 1 is 1.36 bits per heavy atom. The van der Waals surface area contributed by atoms with Crippen molar-refractivity contribution in [1.29, 1.82) is 0 Å². The number of thioether (sulfide) groups is 1. The van der Waals surface area contributed by atoms with Gasteiger partial charge in [0.2, 0.25) is 0 Å². The Balaban J connectivity index is 2.03. The van der Waals surface area contributed by atoms with Gasteiger partial charge in [-0.1, -0.05) is 0 Å². The topological polar surface area (TPSA) is 26.3 Å². The van der Waals surface area contributed by atoms with Crippen LogP contribution in [0.2, 0.25) is 0 Å². The molecule has 0 atom stereocenters. The third-order valence-electron chi connectivity index (χ3n) is 2.61. The number of esters is 1. The van der Waals surface area contributed by atoms with Crippen molar-refractivity contribution in [2.75, 3.05) is 18.1 Å². The van der Waals surface area contributed by atoms with Crippen molar-refractivity contribution < 1.29 is 9.53 Å². The minimum Gasteiger partial charge on any atom is -0.465 e. The van der Waals surface area contributed by atoms with Gasteiger partial charge in [-0.2, -0.15) is 11.8 Å². The summed E-state index contributed by atoms with van der Waals surface area (Å²) < 4.78 is 5.00. The molecule has 0 saturated carbocycles. The summed E-state index contributed by atoms with van der Waals surface area (Å²) in [5.41, 5.74) is 0.252. The molecule has 0 unspecified atom stereocenters. The summed E-state index contributed by atoms with van der Waals surface area (Å²) >= 11 is 1.99. The minimum atomic E-state index is 0.0110. The third kappa shape index (κ3) is 1.39.